The van der Waals surface area contributed by atoms with Crippen LogP contribution in [0.4, 0.5) is 0 Å². The Balaban J connectivity index is 1.32. The molecule has 1 aromatic carbocycles. The SMILES string of the molecule is CN1Cc2ccccc2C[C@@H]1C(=O)NCCc1nc(-c2cccnc2)no1. The number of hydrogen-bond acceptors (Lipinski definition) is 6. The van der Waals surface area contributed by atoms with Crippen LogP contribution in [0.1, 0.15) is 17.0 Å². The van der Waals surface area contributed by atoms with Gasteiger partial charge >= 0.3 is 0 Å². The molecule has 0 aliphatic carbocycles. The van der Waals surface area contributed by atoms with Gasteiger partial charge in [0.25, 0.3) is 0 Å². The quantitative estimate of drug-likeness (QED) is 0.745. The molecule has 0 saturated heterocycles. The highest BCUT2D eigenvalue weighted by molar-refractivity contribution is 5.82. The molecule has 1 N–H and O–H groups in total. The number of carbonyl (C=O) groups is 1. The maximum Gasteiger partial charge on any atom is 0.237 e. The molecule has 0 unspecified atom stereocenters. The van der Waals surface area contributed by atoms with E-state index < -0.39 is 0 Å². The number of aromatic nitrogens is 3. The third kappa shape index (κ3) is 3.88. The first-order valence-corrected chi connectivity index (χ1v) is 8.98. The van der Waals surface area contributed by atoms with Crippen LogP contribution in [0.5, 0.6) is 0 Å². The van der Waals surface area contributed by atoms with E-state index in [0.717, 1.165) is 18.5 Å². The Bertz CT molecular complexity index is 925. The van der Waals surface area contributed by atoms with Crippen molar-refractivity contribution in [2.45, 2.75) is 25.4 Å². The Morgan fingerprint density at radius 1 is 1.26 bits per heavy atom. The number of nitrogens with zero attached hydrogens (tertiary/aromatic N) is 4. The van der Waals surface area contributed by atoms with Gasteiger partial charge in [0.2, 0.25) is 17.6 Å². The van der Waals surface area contributed by atoms with Crippen LogP contribution in [0, 0.1) is 0 Å². The van der Waals surface area contributed by atoms with Gasteiger partial charge in [-0.15, -0.1) is 0 Å². The second kappa shape index (κ2) is 7.67. The lowest BCUT2D eigenvalue weighted by Crippen LogP contribution is -2.48. The Labute approximate surface area is 157 Å². The van der Waals surface area contributed by atoms with Gasteiger partial charge in [-0.05, 0) is 36.7 Å². The van der Waals surface area contributed by atoms with Crippen molar-refractivity contribution in [1.82, 2.24) is 25.3 Å². The first-order valence-electron chi connectivity index (χ1n) is 8.98. The van der Waals surface area contributed by atoms with Gasteiger partial charge in [-0.2, -0.15) is 4.98 Å². The van der Waals surface area contributed by atoms with Crippen LogP contribution in [0.3, 0.4) is 0 Å². The molecule has 0 bridgehead atoms. The van der Waals surface area contributed by atoms with Crippen molar-refractivity contribution < 1.29 is 9.32 Å². The molecule has 1 atom stereocenters. The smallest absolute Gasteiger partial charge is 0.237 e. The summed E-state index contributed by atoms with van der Waals surface area (Å²) in [5.41, 5.74) is 3.34. The Kier molecular flexibility index (Phi) is 4.93. The van der Waals surface area contributed by atoms with Crippen LogP contribution in [-0.2, 0) is 24.2 Å². The van der Waals surface area contributed by atoms with Gasteiger partial charge in [-0.3, -0.25) is 14.7 Å². The standard InChI is InChI=1S/C20H21N5O2/c1-25-13-16-6-3-2-5-14(16)11-17(25)20(26)22-10-8-18-23-19(24-27-18)15-7-4-9-21-12-15/h2-7,9,12,17H,8,10-11,13H2,1H3,(H,22,26)/t17-/m1/s1. The lowest BCUT2D eigenvalue weighted by Gasteiger charge is -2.33. The molecule has 1 aliphatic rings. The van der Waals surface area contributed by atoms with E-state index in [1.54, 1.807) is 12.4 Å². The van der Waals surface area contributed by atoms with Crippen LogP contribution < -0.4 is 5.32 Å². The van der Waals surface area contributed by atoms with E-state index in [0.29, 0.717) is 24.7 Å². The summed E-state index contributed by atoms with van der Waals surface area (Å²) < 4.78 is 5.26. The van der Waals surface area contributed by atoms with E-state index in [1.165, 1.54) is 11.1 Å². The second-order valence-corrected chi connectivity index (χ2v) is 6.70. The first-order chi connectivity index (χ1) is 13.2. The number of likely N-dealkylation sites (N-methyl/N-ethyl adjacent to an activating group) is 1. The molecule has 0 spiro atoms. The van der Waals surface area contributed by atoms with Crippen LogP contribution in [0.15, 0.2) is 53.3 Å². The van der Waals surface area contributed by atoms with E-state index in [2.05, 4.69) is 37.5 Å². The van der Waals surface area contributed by atoms with E-state index in [4.69, 9.17) is 4.52 Å². The number of hydrogen-bond donors (Lipinski definition) is 1. The van der Waals surface area contributed by atoms with E-state index >= 15 is 0 Å². The first kappa shape index (κ1) is 17.4. The zero-order chi connectivity index (χ0) is 18.6. The highest BCUT2D eigenvalue weighted by Crippen LogP contribution is 2.22. The van der Waals surface area contributed by atoms with Gasteiger partial charge in [0.05, 0.1) is 6.04 Å². The van der Waals surface area contributed by atoms with Crippen molar-refractivity contribution in [1.29, 1.82) is 0 Å². The molecule has 4 rings (SSSR count). The predicted molar refractivity (Wildman–Crippen MR) is 99.6 cm³/mol. The van der Waals surface area contributed by atoms with Gasteiger partial charge in [-0.25, -0.2) is 0 Å². The van der Waals surface area contributed by atoms with Crippen LogP contribution in [0.25, 0.3) is 11.4 Å². The summed E-state index contributed by atoms with van der Waals surface area (Å²) >= 11 is 0. The fraction of sp³-hybridized carbons (Fsp3) is 0.300. The van der Waals surface area contributed by atoms with E-state index in [-0.39, 0.29) is 11.9 Å². The van der Waals surface area contributed by atoms with E-state index in [9.17, 15) is 4.79 Å². The minimum absolute atomic E-state index is 0.0269. The Morgan fingerprint density at radius 2 is 2.11 bits per heavy atom. The number of rotatable bonds is 5. The van der Waals surface area contributed by atoms with Crippen molar-refractivity contribution in [2.75, 3.05) is 13.6 Å². The number of amides is 1. The normalized spacial score (nSPS) is 16.7. The summed E-state index contributed by atoms with van der Waals surface area (Å²) in [4.78, 5) is 23.1. The van der Waals surface area contributed by atoms with E-state index in [1.807, 2.05) is 31.3 Å². The highest BCUT2D eigenvalue weighted by Gasteiger charge is 2.28. The molecular formula is C20H21N5O2. The molecule has 7 nitrogen and oxygen atoms in total. The Hall–Kier alpha value is -3.06. The van der Waals surface area contributed by atoms with Crippen molar-refractivity contribution in [3.05, 3.63) is 65.8 Å². The van der Waals surface area contributed by atoms with Gasteiger partial charge in [0.1, 0.15) is 0 Å². The minimum atomic E-state index is -0.159. The number of carbonyl (C=O) groups excluding carboxylic acids is 1. The van der Waals surface area contributed by atoms with Crippen LogP contribution in [-0.4, -0.2) is 45.6 Å². The maximum atomic E-state index is 12.6. The third-order valence-electron chi connectivity index (χ3n) is 4.81. The van der Waals surface area contributed by atoms with Crippen LogP contribution >= 0.6 is 0 Å². The number of fused-ring (bicyclic) bond motifs is 1. The average Bonchev–Trinajstić information content (AvgIpc) is 3.17. The zero-order valence-electron chi connectivity index (χ0n) is 15.1. The maximum absolute atomic E-state index is 12.6. The monoisotopic (exact) mass is 363 g/mol. The molecule has 1 aliphatic heterocycles. The summed E-state index contributed by atoms with van der Waals surface area (Å²) in [5, 5.41) is 6.95. The van der Waals surface area contributed by atoms with Crippen LogP contribution in [0.2, 0.25) is 0 Å². The summed E-state index contributed by atoms with van der Waals surface area (Å²) in [7, 11) is 1.98. The summed E-state index contributed by atoms with van der Waals surface area (Å²) in [6.45, 7) is 1.24. The third-order valence-corrected chi connectivity index (χ3v) is 4.81. The molecule has 2 aromatic heterocycles. The summed E-state index contributed by atoms with van der Waals surface area (Å²) in [6.07, 6.45) is 4.60. The van der Waals surface area contributed by atoms with Gasteiger partial charge < -0.3 is 9.84 Å². The molecule has 7 heteroatoms. The molecule has 3 heterocycles. The predicted octanol–water partition coefficient (Wildman–Crippen LogP) is 1.85. The average molecular weight is 363 g/mol. The fourth-order valence-electron chi connectivity index (χ4n) is 3.33. The molecular weight excluding hydrogens is 342 g/mol. The lowest BCUT2D eigenvalue weighted by atomic mass is 9.94. The molecule has 0 fully saturated rings. The second-order valence-electron chi connectivity index (χ2n) is 6.70. The van der Waals surface area contributed by atoms with Crippen molar-refractivity contribution >= 4 is 5.91 Å². The fourth-order valence-corrected chi connectivity index (χ4v) is 3.33. The van der Waals surface area contributed by atoms with Gasteiger partial charge in [0.15, 0.2) is 0 Å². The topological polar surface area (TPSA) is 84.2 Å². The number of nitrogens with one attached hydrogen (secondary N) is 1. The number of benzene rings is 1. The summed E-state index contributed by atoms with van der Waals surface area (Å²) in [5.74, 6) is 1.03. The summed E-state index contributed by atoms with van der Waals surface area (Å²) in [6, 6.07) is 11.8. The molecule has 0 radical (unpaired) electrons. The largest absolute Gasteiger partial charge is 0.354 e. The van der Waals surface area contributed by atoms with Gasteiger partial charge in [0, 0.05) is 37.5 Å². The molecule has 138 valence electrons. The van der Waals surface area contributed by atoms with Crippen molar-refractivity contribution in [3.8, 4) is 11.4 Å². The lowest BCUT2D eigenvalue weighted by molar-refractivity contribution is -0.126. The zero-order valence-corrected chi connectivity index (χ0v) is 15.1. The molecule has 1 amide bonds. The Morgan fingerprint density at radius 3 is 2.93 bits per heavy atom. The van der Waals surface area contributed by atoms with Gasteiger partial charge in [-0.1, -0.05) is 29.4 Å². The number of pyridine rings is 1. The minimum Gasteiger partial charge on any atom is -0.354 e. The molecule has 0 saturated carbocycles. The van der Waals surface area contributed by atoms with Crippen molar-refractivity contribution in [2.24, 2.45) is 0 Å². The molecule has 3 aromatic rings. The van der Waals surface area contributed by atoms with Crippen molar-refractivity contribution in [3.63, 3.8) is 0 Å². The highest BCUT2D eigenvalue weighted by atomic mass is 16.5. The molecule has 27 heavy (non-hydrogen) atoms.